The van der Waals surface area contributed by atoms with E-state index in [0.29, 0.717) is 10.0 Å². The molecule has 116 valence electrons. The molecule has 1 atom stereocenters. The van der Waals surface area contributed by atoms with Gasteiger partial charge >= 0.3 is 6.03 Å². The second-order valence-electron chi connectivity index (χ2n) is 4.72. The van der Waals surface area contributed by atoms with Crippen LogP contribution < -0.4 is 10.6 Å². The molecular formula is C16H16Cl2N2OS. The lowest BCUT2D eigenvalue weighted by atomic mass is 10.1. The van der Waals surface area contributed by atoms with Crippen molar-refractivity contribution in [2.24, 2.45) is 0 Å². The van der Waals surface area contributed by atoms with Crippen LogP contribution in [0.1, 0.15) is 18.5 Å². The average molecular weight is 355 g/mol. The number of urea groups is 1. The summed E-state index contributed by atoms with van der Waals surface area (Å²) in [7, 11) is 0. The molecule has 2 rings (SSSR count). The van der Waals surface area contributed by atoms with Crippen molar-refractivity contribution in [2.75, 3.05) is 11.6 Å². The van der Waals surface area contributed by atoms with Gasteiger partial charge in [-0.1, -0.05) is 35.3 Å². The predicted octanol–water partition coefficient (Wildman–Crippen LogP) is 5.60. The van der Waals surface area contributed by atoms with E-state index in [-0.39, 0.29) is 12.1 Å². The molecule has 0 saturated heterocycles. The molecule has 0 radical (unpaired) electrons. The van der Waals surface area contributed by atoms with E-state index < -0.39 is 0 Å². The van der Waals surface area contributed by atoms with E-state index >= 15 is 0 Å². The van der Waals surface area contributed by atoms with Gasteiger partial charge < -0.3 is 10.6 Å². The summed E-state index contributed by atoms with van der Waals surface area (Å²) in [4.78, 5) is 13.2. The molecule has 0 unspecified atom stereocenters. The lowest BCUT2D eigenvalue weighted by Crippen LogP contribution is -2.31. The first-order chi connectivity index (χ1) is 10.5. The van der Waals surface area contributed by atoms with Crippen molar-refractivity contribution < 1.29 is 4.79 Å². The van der Waals surface area contributed by atoms with Crippen molar-refractivity contribution in [3.63, 3.8) is 0 Å². The number of hydrogen-bond acceptors (Lipinski definition) is 2. The highest BCUT2D eigenvalue weighted by atomic mass is 35.5. The molecule has 0 heterocycles. The van der Waals surface area contributed by atoms with Gasteiger partial charge in [-0.05, 0) is 49.1 Å². The Morgan fingerprint density at radius 1 is 1.18 bits per heavy atom. The van der Waals surface area contributed by atoms with Crippen molar-refractivity contribution in [3.05, 3.63) is 58.1 Å². The van der Waals surface area contributed by atoms with Gasteiger partial charge in [0.15, 0.2) is 0 Å². The highest BCUT2D eigenvalue weighted by molar-refractivity contribution is 7.98. The maximum Gasteiger partial charge on any atom is 0.319 e. The molecule has 0 aliphatic heterocycles. The van der Waals surface area contributed by atoms with Crippen LogP contribution in [0.4, 0.5) is 10.5 Å². The Morgan fingerprint density at radius 3 is 2.64 bits per heavy atom. The Hall–Kier alpha value is -1.36. The molecule has 0 bridgehead atoms. The quantitative estimate of drug-likeness (QED) is 0.701. The van der Waals surface area contributed by atoms with Gasteiger partial charge in [0.1, 0.15) is 0 Å². The molecule has 2 aromatic carbocycles. The highest BCUT2D eigenvalue weighted by Gasteiger charge is 2.13. The first-order valence-electron chi connectivity index (χ1n) is 6.66. The van der Waals surface area contributed by atoms with Crippen molar-refractivity contribution in [1.29, 1.82) is 0 Å². The summed E-state index contributed by atoms with van der Waals surface area (Å²) in [5, 5.41) is 6.77. The molecule has 2 amide bonds. The minimum absolute atomic E-state index is 0.228. The van der Waals surface area contributed by atoms with E-state index in [0.717, 1.165) is 16.1 Å². The summed E-state index contributed by atoms with van der Waals surface area (Å²) >= 11 is 13.6. The molecule has 0 spiro atoms. The van der Waals surface area contributed by atoms with Gasteiger partial charge in [-0.25, -0.2) is 4.79 Å². The number of amides is 2. The molecule has 0 aliphatic rings. The fraction of sp³-hybridized carbons (Fsp3) is 0.188. The minimum atomic E-state index is -0.281. The summed E-state index contributed by atoms with van der Waals surface area (Å²) in [6, 6.07) is 12.4. The summed E-state index contributed by atoms with van der Waals surface area (Å²) < 4.78 is 0. The van der Waals surface area contributed by atoms with Crippen LogP contribution in [0, 0.1) is 0 Å². The van der Waals surface area contributed by atoms with Crippen molar-refractivity contribution >= 4 is 46.7 Å². The number of carbonyl (C=O) groups is 1. The third-order valence-corrected chi connectivity index (χ3v) is 4.39. The van der Waals surface area contributed by atoms with Crippen LogP contribution in [0.15, 0.2) is 47.4 Å². The fourth-order valence-corrected chi connectivity index (χ4v) is 3.03. The highest BCUT2D eigenvalue weighted by Crippen LogP contribution is 2.26. The SMILES string of the molecule is CSc1cccc(NC(=O)N[C@@H](C)c2ccc(Cl)cc2Cl)c1. The standard InChI is InChI=1S/C16H16Cl2N2OS/c1-10(14-7-6-11(17)8-15(14)18)19-16(21)20-12-4-3-5-13(9-12)22-2/h3-10H,1-2H3,(H2,19,20,21)/t10-/m0/s1. The first kappa shape index (κ1) is 17.0. The molecule has 2 N–H and O–H groups in total. The zero-order valence-electron chi connectivity index (χ0n) is 12.2. The molecular weight excluding hydrogens is 339 g/mol. The van der Waals surface area contributed by atoms with Gasteiger partial charge in [0.25, 0.3) is 0 Å². The Kier molecular flexibility index (Phi) is 6.00. The number of hydrogen-bond donors (Lipinski definition) is 2. The Morgan fingerprint density at radius 2 is 1.95 bits per heavy atom. The number of benzene rings is 2. The molecule has 0 aromatic heterocycles. The number of thioether (sulfide) groups is 1. The molecule has 2 aromatic rings. The van der Waals surface area contributed by atoms with Crippen LogP contribution in [-0.4, -0.2) is 12.3 Å². The van der Waals surface area contributed by atoms with E-state index in [4.69, 9.17) is 23.2 Å². The topological polar surface area (TPSA) is 41.1 Å². The third kappa shape index (κ3) is 4.57. The monoisotopic (exact) mass is 354 g/mol. The lowest BCUT2D eigenvalue weighted by molar-refractivity contribution is 0.249. The number of nitrogens with one attached hydrogen (secondary N) is 2. The summed E-state index contributed by atoms with van der Waals surface area (Å²) in [6.45, 7) is 1.87. The van der Waals surface area contributed by atoms with Crippen LogP contribution in [0.5, 0.6) is 0 Å². The van der Waals surface area contributed by atoms with Crippen molar-refractivity contribution in [1.82, 2.24) is 5.32 Å². The van der Waals surface area contributed by atoms with Gasteiger partial charge in [0.05, 0.1) is 6.04 Å². The van der Waals surface area contributed by atoms with Crippen LogP contribution >= 0.6 is 35.0 Å². The molecule has 0 aliphatic carbocycles. The number of anilines is 1. The zero-order chi connectivity index (χ0) is 16.1. The smallest absolute Gasteiger partial charge is 0.319 e. The number of rotatable bonds is 4. The molecule has 0 saturated carbocycles. The zero-order valence-corrected chi connectivity index (χ0v) is 14.5. The molecule has 3 nitrogen and oxygen atoms in total. The maximum absolute atomic E-state index is 12.1. The van der Waals surface area contributed by atoms with Gasteiger partial charge in [-0.2, -0.15) is 0 Å². The Balaban J connectivity index is 2.01. The summed E-state index contributed by atoms with van der Waals surface area (Å²) in [5.74, 6) is 0. The first-order valence-corrected chi connectivity index (χ1v) is 8.64. The third-order valence-electron chi connectivity index (χ3n) is 3.10. The van der Waals surface area contributed by atoms with E-state index in [1.807, 2.05) is 43.5 Å². The second-order valence-corrected chi connectivity index (χ2v) is 6.44. The molecule has 22 heavy (non-hydrogen) atoms. The van der Waals surface area contributed by atoms with Crippen molar-refractivity contribution in [2.45, 2.75) is 17.9 Å². The van der Waals surface area contributed by atoms with Gasteiger partial charge in [-0.15, -0.1) is 11.8 Å². The largest absolute Gasteiger partial charge is 0.331 e. The van der Waals surface area contributed by atoms with Crippen LogP contribution in [0.2, 0.25) is 10.0 Å². The van der Waals surface area contributed by atoms with E-state index in [9.17, 15) is 4.79 Å². The van der Waals surface area contributed by atoms with E-state index in [1.54, 1.807) is 23.9 Å². The van der Waals surface area contributed by atoms with Gasteiger partial charge in [-0.3, -0.25) is 0 Å². The van der Waals surface area contributed by atoms with Gasteiger partial charge in [0, 0.05) is 20.6 Å². The summed E-state index contributed by atoms with van der Waals surface area (Å²) in [6.07, 6.45) is 1.99. The van der Waals surface area contributed by atoms with Crippen LogP contribution in [0.25, 0.3) is 0 Å². The van der Waals surface area contributed by atoms with Crippen molar-refractivity contribution in [3.8, 4) is 0 Å². The minimum Gasteiger partial charge on any atom is -0.331 e. The molecule has 0 fully saturated rings. The van der Waals surface area contributed by atoms with E-state index in [1.165, 1.54) is 0 Å². The van der Waals surface area contributed by atoms with Crippen LogP contribution in [0.3, 0.4) is 0 Å². The van der Waals surface area contributed by atoms with Gasteiger partial charge in [0.2, 0.25) is 0 Å². The average Bonchev–Trinajstić information content (AvgIpc) is 2.47. The number of carbonyl (C=O) groups excluding carboxylic acids is 1. The maximum atomic E-state index is 12.1. The Labute approximate surface area is 144 Å². The van der Waals surface area contributed by atoms with Crippen LogP contribution in [-0.2, 0) is 0 Å². The normalized spacial score (nSPS) is 11.8. The predicted molar refractivity (Wildman–Crippen MR) is 95.3 cm³/mol. The molecule has 6 heteroatoms. The fourth-order valence-electron chi connectivity index (χ4n) is 2.00. The summed E-state index contributed by atoms with van der Waals surface area (Å²) in [5.41, 5.74) is 1.57. The Bertz CT molecular complexity index is 679. The second kappa shape index (κ2) is 7.77. The number of halogens is 2. The lowest BCUT2D eigenvalue weighted by Gasteiger charge is -2.16. The van der Waals surface area contributed by atoms with E-state index in [2.05, 4.69) is 10.6 Å².